The molecule has 6 heterocycles. The first-order chi connectivity index (χ1) is 29.3. The lowest BCUT2D eigenvalue weighted by Crippen LogP contribution is -2.31. The number of amides is 2. The van der Waals surface area contributed by atoms with Gasteiger partial charge in [0.1, 0.15) is 35.4 Å². The van der Waals surface area contributed by atoms with Crippen LogP contribution in [0.5, 0.6) is 0 Å². The molecule has 0 bridgehead atoms. The molecule has 0 saturated heterocycles. The van der Waals surface area contributed by atoms with E-state index in [4.69, 9.17) is 0 Å². The van der Waals surface area contributed by atoms with Gasteiger partial charge in [0.05, 0.1) is 47.7 Å². The molecule has 0 fully saturated rings. The van der Waals surface area contributed by atoms with Crippen LogP contribution in [0.3, 0.4) is 0 Å². The van der Waals surface area contributed by atoms with Gasteiger partial charge in [-0.3, -0.25) is 14.5 Å². The Morgan fingerprint density at radius 1 is 0.483 bits per heavy atom. The van der Waals surface area contributed by atoms with Crippen molar-refractivity contribution in [1.82, 2.24) is 4.90 Å². The number of thiophene rings is 5. The topological polar surface area (TPSA) is 133 Å². The minimum Gasteiger partial charge on any atom is -0.274 e. The monoisotopic (exact) mass is 891 g/mol. The summed E-state index contributed by atoms with van der Waals surface area (Å²) in [7, 11) is 0. The van der Waals surface area contributed by atoms with Gasteiger partial charge in [0.25, 0.3) is 11.8 Å². The summed E-state index contributed by atoms with van der Waals surface area (Å²) >= 11 is 7.35. The lowest BCUT2D eigenvalue weighted by molar-refractivity contribution is 0.0650. The van der Waals surface area contributed by atoms with Gasteiger partial charge in [-0.25, -0.2) is 0 Å². The Balaban J connectivity index is 1.57. The van der Waals surface area contributed by atoms with Crippen molar-refractivity contribution in [2.24, 2.45) is 0 Å². The fourth-order valence-electron chi connectivity index (χ4n) is 8.07. The van der Waals surface area contributed by atoms with Crippen molar-refractivity contribution in [3.05, 3.63) is 60.2 Å². The molecule has 12 heteroatoms. The van der Waals surface area contributed by atoms with Gasteiger partial charge in [-0.05, 0) is 44.2 Å². The van der Waals surface area contributed by atoms with Crippen LogP contribution in [0, 0.1) is 63.5 Å². The van der Waals surface area contributed by atoms with Gasteiger partial charge >= 0.3 is 0 Å². The molecule has 0 spiro atoms. The number of hydrogen-bond acceptors (Lipinski definition) is 11. The summed E-state index contributed by atoms with van der Waals surface area (Å²) < 4.78 is 5.90. The number of hydrogen-bond donors (Lipinski definition) is 0. The maximum Gasteiger partial charge on any atom is 0.263 e. The molecule has 1 aliphatic heterocycles. The van der Waals surface area contributed by atoms with E-state index in [2.05, 4.69) is 57.2 Å². The molecular formula is C48H53N5O2S5. The van der Waals surface area contributed by atoms with Crippen LogP contribution in [-0.4, -0.2) is 23.3 Å². The van der Waals surface area contributed by atoms with Crippen LogP contribution in [0.15, 0.2) is 12.1 Å². The third-order valence-corrected chi connectivity index (χ3v) is 18.0. The van der Waals surface area contributed by atoms with E-state index in [1.165, 1.54) is 87.2 Å². The van der Waals surface area contributed by atoms with Gasteiger partial charge in [-0.15, -0.1) is 56.7 Å². The molecule has 7 nitrogen and oxygen atoms in total. The number of carbonyl (C=O) groups is 2. The van der Waals surface area contributed by atoms with E-state index in [0.29, 0.717) is 35.8 Å². The van der Waals surface area contributed by atoms with Gasteiger partial charge in [0, 0.05) is 27.1 Å². The average Bonchev–Trinajstić information content (AvgIpc) is 4.10. The minimum atomic E-state index is -0.303. The lowest BCUT2D eigenvalue weighted by atomic mass is 10.1. The molecule has 5 aromatic heterocycles. The number of carbonyl (C=O) groups excluding carboxylic acids is 2. The van der Waals surface area contributed by atoms with Crippen LogP contribution in [0.4, 0.5) is 0 Å². The number of aryl methyl sites for hydroxylation is 2. The van der Waals surface area contributed by atoms with Crippen LogP contribution < -0.4 is 9.06 Å². The molecule has 0 unspecified atom stereocenters. The predicted octanol–water partition coefficient (Wildman–Crippen LogP) is 13.0. The highest BCUT2D eigenvalue weighted by Gasteiger charge is 2.39. The number of nitriles is 4. The maximum absolute atomic E-state index is 14.7. The standard InChI is InChI=1S/C48H53N5O2S5/c1-4-7-10-13-14-15-16-17-18-21-24-53-47(54)37-38(48(53)55)46(44-36-26-34(23-20-12-9-6-3)57-42(36)40(59-44)32(29-51)30-52)60-45(37)43-35-25-33(22-19-11-8-5-2)56-41(35)39(58-43)31(27-49)28-50/h25-26H,4-24H2,1-3H3/b45-43-,46-44+. The number of imide groups is 1. The summed E-state index contributed by atoms with van der Waals surface area (Å²) in [5.41, 5.74) is 0.852. The average molecular weight is 892 g/mol. The highest BCUT2D eigenvalue weighted by molar-refractivity contribution is 7.24. The normalized spacial score (nSPS) is 13.5. The van der Waals surface area contributed by atoms with Gasteiger partial charge in [-0.2, -0.15) is 21.0 Å². The first-order valence-corrected chi connectivity index (χ1v) is 25.9. The van der Waals surface area contributed by atoms with Crippen molar-refractivity contribution in [2.45, 2.75) is 149 Å². The van der Waals surface area contributed by atoms with Crippen molar-refractivity contribution in [2.75, 3.05) is 6.54 Å². The maximum atomic E-state index is 14.7. The van der Waals surface area contributed by atoms with E-state index in [-0.39, 0.29) is 23.0 Å². The molecular weight excluding hydrogens is 839 g/mol. The van der Waals surface area contributed by atoms with E-state index in [1.54, 1.807) is 22.7 Å². The smallest absolute Gasteiger partial charge is 0.263 e. The van der Waals surface area contributed by atoms with Crippen LogP contribution in [-0.2, 0) is 12.8 Å². The third kappa shape index (κ3) is 9.81. The molecule has 0 aliphatic carbocycles. The summed E-state index contributed by atoms with van der Waals surface area (Å²) in [5.74, 6) is -0.606. The van der Waals surface area contributed by atoms with E-state index in [1.807, 2.05) is 0 Å². The fourth-order valence-corrected chi connectivity index (χ4v) is 14.8. The molecule has 5 aromatic rings. The largest absolute Gasteiger partial charge is 0.274 e. The number of nitrogens with zero attached hydrogens (tertiary/aromatic N) is 5. The van der Waals surface area contributed by atoms with Gasteiger partial charge in [0.15, 0.2) is 0 Å². The van der Waals surface area contributed by atoms with Crippen molar-refractivity contribution in [3.63, 3.8) is 0 Å². The second kappa shape index (κ2) is 22.1. The molecule has 2 amide bonds. The molecule has 1 aliphatic rings. The molecule has 0 aromatic carbocycles. The quantitative estimate of drug-likeness (QED) is 0.0532. The summed E-state index contributed by atoms with van der Waals surface area (Å²) in [6, 6.07) is 12.8. The Kier molecular flexibility index (Phi) is 16.7. The zero-order chi connectivity index (χ0) is 42.6. The predicted molar refractivity (Wildman–Crippen MR) is 250 cm³/mol. The fraction of sp³-hybridized carbons (Fsp3) is 0.500. The molecule has 0 atom stereocenters. The van der Waals surface area contributed by atoms with Crippen LogP contribution in [0.1, 0.15) is 167 Å². The molecule has 6 rings (SSSR count). The summed E-state index contributed by atoms with van der Waals surface area (Å²) in [6.45, 7) is 6.95. The Bertz CT molecular complexity index is 2650. The molecule has 0 saturated carbocycles. The molecule has 60 heavy (non-hydrogen) atoms. The van der Waals surface area contributed by atoms with Gasteiger partial charge in [0.2, 0.25) is 0 Å². The van der Waals surface area contributed by atoms with Crippen molar-refractivity contribution < 1.29 is 9.59 Å². The number of unbranched alkanes of at least 4 members (excludes halogenated alkanes) is 15. The minimum absolute atomic E-state index is 0.0412. The second-order valence-corrected chi connectivity index (χ2v) is 21.0. The Hall–Kier alpha value is -4.14. The Morgan fingerprint density at radius 3 is 1.23 bits per heavy atom. The van der Waals surface area contributed by atoms with Crippen molar-refractivity contribution >= 4 is 99.8 Å². The zero-order valence-electron chi connectivity index (χ0n) is 35.1. The Labute approximate surface area is 373 Å². The molecule has 0 radical (unpaired) electrons. The van der Waals surface area contributed by atoms with Gasteiger partial charge in [-0.1, -0.05) is 117 Å². The van der Waals surface area contributed by atoms with Crippen LogP contribution in [0.2, 0.25) is 0 Å². The van der Waals surface area contributed by atoms with Crippen LogP contribution >= 0.6 is 56.7 Å². The highest BCUT2D eigenvalue weighted by Crippen LogP contribution is 2.38. The third-order valence-electron chi connectivity index (χ3n) is 11.3. The SMILES string of the molecule is CCCCCCCCCCCCN1C(=O)c2c(/c(=c3\sc(=C(C#N)C#N)c4sc(CCCCCC)cc34)s/c2=c2\sc(=C(C#N)C#N)c3sc(CCCCCC)cc23)C1=O. The van der Waals surface area contributed by atoms with E-state index in [0.717, 1.165) is 119 Å². The number of rotatable bonds is 21. The second-order valence-electron chi connectivity index (χ2n) is 15.7. The highest BCUT2D eigenvalue weighted by atomic mass is 32.1. The molecule has 312 valence electrons. The van der Waals surface area contributed by atoms with Crippen LogP contribution in [0.25, 0.3) is 31.3 Å². The van der Waals surface area contributed by atoms with E-state index >= 15 is 0 Å². The Morgan fingerprint density at radius 2 is 0.850 bits per heavy atom. The summed E-state index contributed by atoms with van der Waals surface area (Å²) in [6.07, 6.45) is 22.2. The summed E-state index contributed by atoms with van der Waals surface area (Å²) in [5, 5.41) is 42.1. The van der Waals surface area contributed by atoms with E-state index in [9.17, 15) is 30.6 Å². The molecule has 0 N–H and O–H groups in total. The first kappa shape index (κ1) is 45.4. The summed E-state index contributed by atoms with van der Waals surface area (Å²) in [4.78, 5) is 33.2. The lowest BCUT2D eigenvalue weighted by Gasteiger charge is -2.13. The van der Waals surface area contributed by atoms with Crippen molar-refractivity contribution in [1.29, 1.82) is 21.0 Å². The van der Waals surface area contributed by atoms with E-state index < -0.39 is 0 Å². The van der Waals surface area contributed by atoms with Gasteiger partial charge < -0.3 is 0 Å². The van der Waals surface area contributed by atoms with Crippen molar-refractivity contribution in [3.8, 4) is 24.3 Å². The number of fused-ring (bicyclic) bond motifs is 3. The first-order valence-electron chi connectivity index (χ1n) is 21.8. The zero-order valence-corrected chi connectivity index (χ0v) is 39.2.